The molecule has 0 saturated heterocycles. The maximum Gasteiger partial charge on any atom is 0.0725 e. The normalized spacial score (nSPS) is 13.0. The van der Waals surface area contributed by atoms with Crippen molar-refractivity contribution in [1.29, 1.82) is 0 Å². The van der Waals surface area contributed by atoms with Gasteiger partial charge in [-0.3, -0.25) is 4.99 Å². The fourth-order valence-electron chi connectivity index (χ4n) is 3.68. The topological polar surface area (TPSA) is 38.4 Å². The first-order chi connectivity index (χ1) is 16.0. The third-order valence-electron chi connectivity index (χ3n) is 5.81. The van der Waals surface area contributed by atoms with Gasteiger partial charge in [-0.1, -0.05) is 97.6 Å². The zero-order valence-electron chi connectivity index (χ0n) is 19.1. The van der Waals surface area contributed by atoms with Gasteiger partial charge < -0.3 is 5.73 Å². The molecule has 0 heterocycles. The van der Waals surface area contributed by atoms with Gasteiger partial charge in [0.2, 0.25) is 0 Å². The highest BCUT2D eigenvalue weighted by molar-refractivity contribution is 6.12. The largest absolute Gasteiger partial charge is 0.398 e. The molecule has 0 aliphatic carbocycles. The van der Waals surface area contributed by atoms with Crippen molar-refractivity contribution in [2.24, 2.45) is 10.7 Å². The predicted molar refractivity (Wildman–Crippen MR) is 143 cm³/mol. The SMILES string of the molecule is C=CC(C)=C(C)N=C(/C=C(\N)c1cccc(-c2ccc3ccccc3c2)c1)c1ccccc1. The Balaban J connectivity index is 1.75. The second kappa shape index (κ2) is 9.97. The maximum absolute atomic E-state index is 6.60. The number of nitrogens with two attached hydrogens (primary N) is 1. The van der Waals surface area contributed by atoms with Gasteiger partial charge in [-0.15, -0.1) is 0 Å². The summed E-state index contributed by atoms with van der Waals surface area (Å²) in [5.41, 5.74) is 14.3. The summed E-state index contributed by atoms with van der Waals surface area (Å²) in [6.45, 7) is 7.86. The lowest BCUT2D eigenvalue weighted by Crippen LogP contribution is -2.04. The smallest absolute Gasteiger partial charge is 0.0725 e. The van der Waals surface area contributed by atoms with Crippen LogP contribution in [-0.2, 0) is 0 Å². The molecule has 0 aromatic heterocycles. The van der Waals surface area contributed by atoms with Crippen LogP contribution in [0.15, 0.2) is 132 Å². The van der Waals surface area contributed by atoms with Crippen LogP contribution in [0, 0.1) is 0 Å². The van der Waals surface area contributed by atoms with Crippen LogP contribution in [0.5, 0.6) is 0 Å². The molecule has 0 radical (unpaired) electrons. The zero-order valence-corrected chi connectivity index (χ0v) is 19.1. The number of hydrogen-bond donors (Lipinski definition) is 1. The molecule has 4 aromatic carbocycles. The molecule has 33 heavy (non-hydrogen) atoms. The van der Waals surface area contributed by atoms with Crippen molar-refractivity contribution in [1.82, 2.24) is 0 Å². The molecule has 2 N–H and O–H groups in total. The molecule has 0 bridgehead atoms. The fourth-order valence-corrected chi connectivity index (χ4v) is 3.68. The van der Waals surface area contributed by atoms with Crippen molar-refractivity contribution in [3.05, 3.63) is 138 Å². The summed E-state index contributed by atoms with van der Waals surface area (Å²) in [4.78, 5) is 4.87. The third kappa shape index (κ3) is 5.19. The molecule has 0 unspecified atom stereocenters. The lowest BCUT2D eigenvalue weighted by atomic mass is 9.98. The summed E-state index contributed by atoms with van der Waals surface area (Å²) >= 11 is 0. The molecule has 0 amide bonds. The van der Waals surface area contributed by atoms with Gasteiger partial charge in [-0.05, 0) is 65.1 Å². The summed E-state index contributed by atoms with van der Waals surface area (Å²) in [6.07, 6.45) is 3.77. The number of aliphatic imine (C=N–C) groups is 1. The van der Waals surface area contributed by atoms with Gasteiger partial charge in [0.15, 0.2) is 0 Å². The molecule has 0 aliphatic rings. The van der Waals surface area contributed by atoms with Gasteiger partial charge in [0.05, 0.1) is 5.71 Å². The third-order valence-corrected chi connectivity index (χ3v) is 5.81. The van der Waals surface area contributed by atoms with Gasteiger partial charge >= 0.3 is 0 Å². The highest BCUT2D eigenvalue weighted by Crippen LogP contribution is 2.26. The minimum absolute atomic E-state index is 0.671. The Labute approximate surface area is 196 Å². The number of nitrogens with zero attached hydrogens (tertiary/aromatic N) is 1. The number of benzene rings is 4. The van der Waals surface area contributed by atoms with Gasteiger partial charge in [-0.25, -0.2) is 0 Å². The van der Waals surface area contributed by atoms with Crippen molar-refractivity contribution < 1.29 is 0 Å². The van der Waals surface area contributed by atoms with Crippen molar-refractivity contribution >= 4 is 22.2 Å². The van der Waals surface area contributed by atoms with Gasteiger partial charge in [-0.2, -0.15) is 0 Å². The lowest BCUT2D eigenvalue weighted by molar-refractivity contribution is 1.23. The fraction of sp³-hybridized carbons (Fsp3) is 0.0645. The summed E-state index contributed by atoms with van der Waals surface area (Å²) in [5, 5.41) is 2.46. The van der Waals surface area contributed by atoms with Gasteiger partial charge in [0, 0.05) is 17.0 Å². The van der Waals surface area contributed by atoms with Crippen LogP contribution in [0.2, 0.25) is 0 Å². The van der Waals surface area contributed by atoms with Gasteiger partial charge in [0.25, 0.3) is 0 Å². The van der Waals surface area contributed by atoms with E-state index in [1.807, 2.05) is 68.5 Å². The standard InChI is InChI=1S/C31H28N2/c1-4-22(2)23(3)33-31(25-12-6-5-7-13-25)21-30(32)29-16-10-15-27(20-29)28-18-17-24-11-8-9-14-26(24)19-28/h4-21H,1,32H2,2-3H3/b23-22?,30-21-,33-31?. The average molecular weight is 429 g/mol. The van der Waals surface area contributed by atoms with E-state index in [1.54, 1.807) is 0 Å². The highest BCUT2D eigenvalue weighted by atomic mass is 14.8. The molecule has 0 spiro atoms. The summed E-state index contributed by atoms with van der Waals surface area (Å²) in [5.74, 6) is 0. The minimum atomic E-state index is 0.671. The summed E-state index contributed by atoms with van der Waals surface area (Å²) in [7, 11) is 0. The van der Waals surface area contributed by atoms with Crippen molar-refractivity contribution in [3.63, 3.8) is 0 Å². The summed E-state index contributed by atoms with van der Waals surface area (Å²) < 4.78 is 0. The van der Waals surface area contributed by atoms with E-state index >= 15 is 0 Å². The quantitative estimate of drug-likeness (QED) is 0.247. The number of rotatable bonds is 6. The number of fused-ring (bicyclic) bond motifs is 1. The first-order valence-electron chi connectivity index (χ1n) is 11.1. The molecule has 162 valence electrons. The zero-order chi connectivity index (χ0) is 23.2. The molecule has 0 fully saturated rings. The number of allylic oxidation sites excluding steroid dienone is 4. The monoisotopic (exact) mass is 428 g/mol. The Morgan fingerprint density at radius 1 is 0.727 bits per heavy atom. The van der Waals surface area contributed by atoms with Crippen LogP contribution in [0.1, 0.15) is 25.0 Å². The Morgan fingerprint density at radius 2 is 1.39 bits per heavy atom. The summed E-state index contributed by atoms with van der Waals surface area (Å²) in [6, 6.07) is 33.4. The number of hydrogen-bond acceptors (Lipinski definition) is 2. The van der Waals surface area contributed by atoms with E-state index in [4.69, 9.17) is 10.7 Å². The molecule has 4 rings (SSSR count). The molecule has 0 aliphatic heterocycles. The predicted octanol–water partition coefficient (Wildman–Crippen LogP) is 7.78. The van der Waals surface area contributed by atoms with E-state index in [1.165, 1.54) is 16.3 Å². The Morgan fingerprint density at radius 3 is 2.15 bits per heavy atom. The lowest BCUT2D eigenvalue weighted by Gasteiger charge is -2.09. The molecule has 4 aromatic rings. The maximum atomic E-state index is 6.60. The molecular formula is C31H28N2. The van der Waals surface area contributed by atoms with Crippen LogP contribution in [0.4, 0.5) is 0 Å². The molecule has 0 atom stereocenters. The van der Waals surface area contributed by atoms with E-state index in [-0.39, 0.29) is 0 Å². The second-order valence-electron chi connectivity index (χ2n) is 8.08. The molecule has 2 nitrogen and oxygen atoms in total. The van der Waals surface area contributed by atoms with E-state index in [2.05, 4.69) is 61.2 Å². The van der Waals surface area contributed by atoms with Crippen molar-refractivity contribution in [3.8, 4) is 11.1 Å². The van der Waals surface area contributed by atoms with E-state index in [9.17, 15) is 0 Å². The first kappa shape index (κ1) is 22.0. The van der Waals surface area contributed by atoms with Crippen LogP contribution in [0.25, 0.3) is 27.6 Å². The van der Waals surface area contributed by atoms with Crippen molar-refractivity contribution in [2.45, 2.75) is 13.8 Å². The highest BCUT2D eigenvalue weighted by Gasteiger charge is 2.07. The van der Waals surface area contributed by atoms with E-state index in [0.29, 0.717) is 5.70 Å². The first-order valence-corrected chi connectivity index (χ1v) is 11.1. The van der Waals surface area contributed by atoms with E-state index < -0.39 is 0 Å². The van der Waals surface area contributed by atoms with Crippen LogP contribution in [-0.4, -0.2) is 5.71 Å². The van der Waals surface area contributed by atoms with Crippen LogP contribution < -0.4 is 5.73 Å². The Bertz CT molecular complexity index is 1390. The average Bonchev–Trinajstić information content (AvgIpc) is 2.88. The van der Waals surface area contributed by atoms with E-state index in [0.717, 1.165) is 33.7 Å². The molecule has 2 heteroatoms. The van der Waals surface area contributed by atoms with Crippen LogP contribution in [0.3, 0.4) is 0 Å². The Kier molecular flexibility index (Phi) is 6.66. The van der Waals surface area contributed by atoms with Crippen LogP contribution >= 0.6 is 0 Å². The second-order valence-corrected chi connectivity index (χ2v) is 8.08. The molecule has 0 saturated carbocycles. The Hall–Kier alpha value is -4.17. The molecular weight excluding hydrogens is 400 g/mol. The van der Waals surface area contributed by atoms with Crippen molar-refractivity contribution in [2.75, 3.05) is 0 Å². The van der Waals surface area contributed by atoms with Gasteiger partial charge in [0.1, 0.15) is 0 Å². The minimum Gasteiger partial charge on any atom is -0.398 e.